The highest BCUT2D eigenvalue weighted by molar-refractivity contribution is 6.34. The number of amides is 3. The lowest BCUT2D eigenvalue weighted by Crippen LogP contribution is -2.52. The molecule has 1 saturated heterocycles. The second-order valence-corrected chi connectivity index (χ2v) is 10.2. The van der Waals surface area contributed by atoms with E-state index in [2.05, 4.69) is 17.6 Å². The number of nitrogens with one attached hydrogen (secondary N) is 2. The highest BCUT2D eigenvalue weighted by atomic mass is 35.5. The van der Waals surface area contributed by atoms with Crippen molar-refractivity contribution in [2.75, 3.05) is 19.0 Å². The highest BCUT2D eigenvalue weighted by Crippen LogP contribution is 2.47. The molecule has 0 radical (unpaired) electrons. The van der Waals surface area contributed by atoms with Crippen LogP contribution in [0.2, 0.25) is 5.02 Å². The second-order valence-electron chi connectivity index (χ2n) is 9.83. The normalized spacial score (nSPS) is 27.3. The number of rotatable bonds is 9. The van der Waals surface area contributed by atoms with Crippen LogP contribution in [0.3, 0.4) is 0 Å². The summed E-state index contributed by atoms with van der Waals surface area (Å²) in [5, 5.41) is 16.4. The Kier molecular flexibility index (Phi) is 9.00. The fourth-order valence-corrected chi connectivity index (χ4v) is 6.01. The van der Waals surface area contributed by atoms with Gasteiger partial charge in [-0.25, -0.2) is 0 Å². The first kappa shape index (κ1) is 27.2. The Labute approximate surface area is 213 Å². The van der Waals surface area contributed by atoms with Crippen LogP contribution in [0.4, 0.5) is 5.69 Å². The fourth-order valence-electron chi connectivity index (χ4n) is 5.74. The standard InChI is InChI=1S/C27H38ClN3O4/c1-6-9-17-12-13-18-22(21(17)25(33)29-5)27(35)31(20(14-32)15(3)7-2)24(18)26(34)30-23-16(4)10-8-11-19(23)28/h8,10-13,15,17-18,20-22,24,32H,6-7,9,14H2,1-5H3,(H,29,33)(H,30,34)/t15-,17+,18-,20-,21+,22-,24-/m0/s1. The molecule has 2 aliphatic rings. The molecule has 7 nitrogen and oxygen atoms in total. The van der Waals surface area contributed by atoms with Gasteiger partial charge in [0.1, 0.15) is 6.04 Å². The third-order valence-corrected chi connectivity index (χ3v) is 8.12. The van der Waals surface area contributed by atoms with Crippen LogP contribution >= 0.6 is 11.6 Å². The lowest BCUT2D eigenvalue weighted by molar-refractivity contribution is -0.143. The molecule has 7 atom stereocenters. The fraction of sp³-hybridized carbons (Fsp3) is 0.593. The van der Waals surface area contributed by atoms with Gasteiger partial charge in [-0.05, 0) is 36.8 Å². The van der Waals surface area contributed by atoms with Crippen LogP contribution in [-0.2, 0) is 14.4 Å². The number of para-hydroxylation sites is 1. The van der Waals surface area contributed by atoms with Crippen LogP contribution in [0.15, 0.2) is 30.4 Å². The minimum Gasteiger partial charge on any atom is -0.394 e. The number of benzene rings is 1. The Morgan fingerprint density at radius 3 is 2.49 bits per heavy atom. The van der Waals surface area contributed by atoms with Gasteiger partial charge in [-0.2, -0.15) is 0 Å². The zero-order valence-corrected chi connectivity index (χ0v) is 22.0. The van der Waals surface area contributed by atoms with Crippen LogP contribution in [0.1, 0.15) is 45.6 Å². The average molecular weight is 504 g/mol. The average Bonchev–Trinajstić information content (AvgIpc) is 3.13. The van der Waals surface area contributed by atoms with Crippen LogP contribution in [0.25, 0.3) is 0 Å². The van der Waals surface area contributed by atoms with Gasteiger partial charge >= 0.3 is 0 Å². The molecule has 0 spiro atoms. The van der Waals surface area contributed by atoms with Crippen molar-refractivity contribution in [3.63, 3.8) is 0 Å². The van der Waals surface area contributed by atoms with Gasteiger partial charge in [0, 0.05) is 13.0 Å². The number of carbonyl (C=O) groups excluding carboxylic acids is 3. The lowest BCUT2D eigenvalue weighted by Gasteiger charge is -2.36. The summed E-state index contributed by atoms with van der Waals surface area (Å²) < 4.78 is 0. The maximum atomic E-state index is 14.0. The number of halogens is 1. The molecule has 3 N–H and O–H groups in total. The van der Waals surface area contributed by atoms with E-state index in [4.69, 9.17) is 11.6 Å². The van der Waals surface area contributed by atoms with Gasteiger partial charge in [-0.15, -0.1) is 0 Å². The van der Waals surface area contributed by atoms with E-state index in [1.165, 1.54) is 0 Å². The number of aryl methyl sites for hydroxylation is 1. The molecule has 1 aliphatic heterocycles. The number of anilines is 1. The predicted molar refractivity (Wildman–Crippen MR) is 138 cm³/mol. The molecule has 0 saturated carbocycles. The molecule has 1 fully saturated rings. The van der Waals surface area contributed by atoms with Crippen molar-refractivity contribution < 1.29 is 19.5 Å². The topological polar surface area (TPSA) is 98.7 Å². The van der Waals surface area contributed by atoms with Crippen molar-refractivity contribution in [3.05, 3.63) is 40.9 Å². The summed E-state index contributed by atoms with van der Waals surface area (Å²) >= 11 is 6.38. The summed E-state index contributed by atoms with van der Waals surface area (Å²) in [7, 11) is 1.58. The summed E-state index contributed by atoms with van der Waals surface area (Å²) in [5.74, 6) is -2.64. The minimum absolute atomic E-state index is 0.0321. The van der Waals surface area contributed by atoms with E-state index in [9.17, 15) is 19.5 Å². The largest absolute Gasteiger partial charge is 0.394 e. The number of nitrogens with zero attached hydrogens (tertiary/aromatic N) is 1. The van der Waals surface area contributed by atoms with Crippen molar-refractivity contribution >= 4 is 35.0 Å². The molecule has 0 aromatic heterocycles. The molecule has 0 bridgehead atoms. The summed E-state index contributed by atoms with van der Waals surface area (Å²) in [4.78, 5) is 42.5. The molecular formula is C27H38ClN3O4. The second kappa shape index (κ2) is 11.6. The van der Waals surface area contributed by atoms with Gasteiger partial charge in [0.15, 0.2) is 0 Å². The Bertz CT molecular complexity index is 961. The van der Waals surface area contributed by atoms with Gasteiger partial charge in [0.25, 0.3) is 0 Å². The summed E-state index contributed by atoms with van der Waals surface area (Å²) in [6.45, 7) is 7.61. The van der Waals surface area contributed by atoms with Crippen LogP contribution < -0.4 is 10.6 Å². The molecule has 1 aromatic rings. The number of fused-ring (bicyclic) bond motifs is 1. The SMILES string of the molecule is CCC[C@@H]1C=C[C@H]2[C@H](C(=O)N([C@@H](CO)[C@@H](C)CC)[C@@H]2C(=O)Nc2c(C)cccc2Cl)[C@@H]1C(=O)NC. The van der Waals surface area contributed by atoms with E-state index in [1.807, 2.05) is 45.1 Å². The smallest absolute Gasteiger partial charge is 0.247 e. The van der Waals surface area contributed by atoms with Crippen LogP contribution in [0.5, 0.6) is 0 Å². The summed E-state index contributed by atoms with van der Waals surface area (Å²) in [5.41, 5.74) is 1.31. The first-order valence-corrected chi connectivity index (χ1v) is 13.0. The van der Waals surface area contributed by atoms with E-state index in [-0.39, 0.29) is 36.2 Å². The Morgan fingerprint density at radius 2 is 1.91 bits per heavy atom. The third kappa shape index (κ3) is 5.12. The molecule has 192 valence electrons. The van der Waals surface area contributed by atoms with Crippen LogP contribution in [0, 0.1) is 36.5 Å². The molecule has 35 heavy (non-hydrogen) atoms. The highest BCUT2D eigenvalue weighted by Gasteiger charge is 2.58. The molecule has 3 amide bonds. The van der Waals surface area contributed by atoms with Crippen molar-refractivity contribution in [1.82, 2.24) is 10.2 Å². The molecule has 1 aliphatic carbocycles. The number of hydrogen-bond donors (Lipinski definition) is 3. The zero-order valence-electron chi connectivity index (χ0n) is 21.3. The Balaban J connectivity index is 2.10. The minimum atomic E-state index is -0.861. The molecule has 8 heteroatoms. The Hall–Kier alpha value is -2.38. The van der Waals surface area contributed by atoms with E-state index in [0.29, 0.717) is 10.7 Å². The summed E-state index contributed by atoms with van der Waals surface area (Å²) in [6, 6.07) is 3.97. The molecule has 1 heterocycles. The van der Waals surface area contributed by atoms with Crippen molar-refractivity contribution in [1.29, 1.82) is 0 Å². The lowest BCUT2D eigenvalue weighted by atomic mass is 9.68. The van der Waals surface area contributed by atoms with Crippen molar-refractivity contribution in [2.24, 2.45) is 29.6 Å². The maximum Gasteiger partial charge on any atom is 0.247 e. The number of aliphatic hydroxyl groups is 1. The number of carbonyl (C=O) groups is 3. The third-order valence-electron chi connectivity index (χ3n) is 7.80. The number of hydrogen-bond acceptors (Lipinski definition) is 4. The van der Waals surface area contributed by atoms with Gasteiger partial charge in [0.2, 0.25) is 17.7 Å². The van der Waals surface area contributed by atoms with Crippen molar-refractivity contribution in [2.45, 2.75) is 59.0 Å². The van der Waals surface area contributed by atoms with Gasteiger partial charge in [-0.1, -0.05) is 69.5 Å². The zero-order chi connectivity index (χ0) is 25.9. The number of allylic oxidation sites excluding steroid dienone is 1. The van der Waals surface area contributed by atoms with Gasteiger partial charge < -0.3 is 20.6 Å². The number of aliphatic hydroxyl groups excluding tert-OH is 1. The van der Waals surface area contributed by atoms with E-state index in [0.717, 1.165) is 24.8 Å². The molecule has 0 unspecified atom stereocenters. The quantitative estimate of drug-likeness (QED) is 0.446. The van der Waals surface area contributed by atoms with Crippen LogP contribution in [-0.4, -0.2) is 53.5 Å². The van der Waals surface area contributed by atoms with E-state index < -0.39 is 29.8 Å². The number of likely N-dealkylation sites (tertiary alicyclic amines) is 1. The molecular weight excluding hydrogens is 466 g/mol. The van der Waals surface area contributed by atoms with Gasteiger partial charge in [-0.3, -0.25) is 14.4 Å². The monoisotopic (exact) mass is 503 g/mol. The van der Waals surface area contributed by atoms with Crippen molar-refractivity contribution in [3.8, 4) is 0 Å². The Morgan fingerprint density at radius 1 is 1.20 bits per heavy atom. The summed E-state index contributed by atoms with van der Waals surface area (Å²) in [6.07, 6.45) is 6.32. The van der Waals surface area contributed by atoms with E-state index in [1.54, 1.807) is 18.0 Å². The first-order chi connectivity index (χ1) is 16.7. The predicted octanol–water partition coefficient (Wildman–Crippen LogP) is 3.79. The van der Waals surface area contributed by atoms with Gasteiger partial charge in [0.05, 0.1) is 35.2 Å². The maximum absolute atomic E-state index is 14.0. The van der Waals surface area contributed by atoms with E-state index >= 15 is 0 Å². The molecule has 3 rings (SSSR count). The molecule has 1 aromatic carbocycles. The first-order valence-electron chi connectivity index (χ1n) is 12.6.